The minimum absolute atomic E-state index is 0.186. The lowest BCUT2D eigenvalue weighted by molar-refractivity contribution is 0.431. The molecule has 1 N–H and O–H groups in total. The molecule has 106 valence electrons. The van der Waals surface area contributed by atoms with E-state index in [1.54, 1.807) is 0 Å². The first-order valence-electron chi connectivity index (χ1n) is 7.23. The Labute approximate surface area is 121 Å². The lowest BCUT2D eigenvalue weighted by Gasteiger charge is -2.19. The van der Waals surface area contributed by atoms with Gasteiger partial charge in [-0.1, -0.05) is 24.3 Å². The van der Waals surface area contributed by atoms with Crippen LogP contribution in [0.2, 0.25) is 0 Å². The van der Waals surface area contributed by atoms with Crippen LogP contribution in [-0.2, 0) is 0 Å². The first-order chi connectivity index (χ1) is 9.47. The monoisotopic (exact) mass is 268 g/mol. The summed E-state index contributed by atoms with van der Waals surface area (Å²) in [7, 11) is 0. The molecule has 20 heavy (non-hydrogen) atoms. The van der Waals surface area contributed by atoms with Crippen LogP contribution in [0.3, 0.4) is 0 Å². The zero-order valence-corrected chi connectivity index (χ0v) is 12.9. The van der Waals surface area contributed by atoms with Crippen LogP contribution in [0.4, 0.5) is 0 Å². The first kappa shape index (κ1) is 14.7. The van der Waals surface area contributed by atoms with Crippen molar-refractivity contribution in [3.8, 4) is 0 Å². The molecule has 0 atom stereocenters. The Morgan fingerprint density at radius 2 is 2.00 bits per heavy atom. The van der Waals surface area contributed by atoms with Crippen molar-refractivity contribution in [1.82, 2.24) is 10.3 Å². The third kappa shape index (κ3) is 3.91. The number of benzene rings is 1. The molecule has 0 unspecified atom stereocenters. The fraction of sp³-hybridized carbons (Fsp3) is 0.389. The second-order valence-corrected chi connectivity index (χ2v) is 6.23. The fourth-order valence-corrected chi connectivity index (χ4v) is 2.29. The van der Waals surface area contributed by atoms with Gasteiger partial charge in [-0.05, 0) is 63.9 Å². The van der Waals surface area contributed by atoms with E-state index < -0.39 is 0 Å². The summed E-state index contributed by atoms with van der Waals surface area (Å²) in [5.41, 5.74) is 3.85. The fourth-order valence-electron chi connectivity index (χ4n) is 2.29. The summed E-state index contributed by atoms with van der Waals surface area (Å²) in [4.78, 5) is 4.41. The molecule has 0 saturated carbocycles. The van der Waals surface area contributed by atoms with Crippen LogP contribution in [0, 0.1) is 0 Å². The molecule has 0 aliphatic carbocycles. The number of hydrogen-bond donors (Lipinski definition) is 1. The Morgan fingerprint density at radius 3 is 2.75 bits per heavy atom. The minimum atomic E-state index is 0.186. The van der Waals surface area contributed by atoms with Gasteiger partial charge in [-0.2, -0.15) is 0 Å². The van der Waals surface area contributed by atoms with Crippen molar-refractivity contribution in [1.29, 1.82) is 0 Å². The van der Waals surface area contributed by atoms with Crippen molar-refractivity contribution in [3.63, 3.8) is 0 Å². The molecule has 0 radical (unpaired) electrons. The SMILES string of the molecule is C/C(=C/CCNC(C)(C)C)c1cccc2ncccc12. The number of fused-ring (bicyclic) bond motifs is 1. The summed E-state index contributed by atoms with van der Waals surface area (Å²) in [6.07, 6.45) is 5.19. The number of pyridine rings is 1. The molecule has 0 amide bonds. The second-order valence-electron chi connectivity index (χ2n) is 6.23. The maximum atomic E-state index is 4.41. The van der Waals surface area contributed by atoms with E-state index in [0.29, 0.717) is 0 Å². The molecule has 1 heterocycles. The Kier molecular flexibility index (Phi) is 4.56. The van der Waals surface area contributed by atoms with Gasteiger partial charge in [0.2, 0.25) is 0 Å². The summed E-state index contributed by atoms with van der Waals surface area (Å²) in [6, 6.07) is 10.5. The largest absolute Gasteiger partial charge is 0.312 e. The van der Waals surface area contributed by atoms with Crippen molar-refractivity contribution in [3.05, 3.63) is 48.2 Å². The van der Waals surface area contributed by atoms with Crippen molar-refractivity contribution >= 4 is 16.5 Å². The van der Waals surface area contributed by atoms with Crippen LogP contribution in [0.25, 0.3) is 16.5 Å². The van der Waals surface area contributed by atoms with Crippen LogP contribution in [0.15, 0.2) is 42.6 Å². The molecule has 0 aliphatic rings. The molecule has 2 aromatic rings. The Bertz CT molecular complexity index is 601. The molecule has 0 bridgehead atoms. The maximum absolute atomic E-state index is 4.41. The molecule has 2 heteroatoms. The standard InChI is InChI=1S/C18H24N2/c1-14(8-6-13-20-18(2,3)4)15-9-5-11-17-16(15)10-7-12-19-17/h5,7-12,20H,6,13H2,1-4H3/b14-8-. The van der Waals surface area contributed by atoms with Gasteiger partial charge < -0.3 is 5.32 Å². The molecule has 2 rings (SSSR count). The van der Waals surface area contributed by atoms with E-state index in [-0.39, 0.29) is 5.54 Å². The molecule has 0 spiro atoms. The maximum Gasteiger partial charge on any atom is 0.0708 e. The summed E-state index contributed by atoms with van der Waals surface area (Å²) < 4.78 is 0. The van der Waals surface area contributed by atoms with Crippen molar-refractivity contribution < 1.29 is 0 Å². The molecule has 1 aromatic carbocycles. The van der Waals surface area contributed by atoms with E-state index in [4.69, 9.17) is 0 Å². The lowest BCUT2D eigenvalue weighted by atomic mass is 10.0. The molecule has 0 saturated heterocycles. The highest BCUT2D eigenvalue weighted by molar-refractivity contribution is 5.91. The zero-order chi connectivity index (χ0) is 14.6. The van der Waals surface area contributed by atoms with Gasteiger partial charge in [-0.3, -0.25) is 4.98 Å². The topological polar surface area (TPSA) is 24.9 Å². The van der Waals surface area contributed by atoms with Gasteiger partial charge in [0.25, 0.3) is 0 Å². The minimum Gasteiger partial charge on any atom is -0.312 e. The predicted molar refractivity (Wildman–Crippen MR) is 87.8 cm³/mol. The smallest absolute Gasteiger partial charge is 0.0708 e. The van der Waals surface area contributed by atoms with Gasteiger partial charge in [-0.15, -0.1) is 0 Å². The average molecular weight is 268 g/mol. The van der Waals surface area contributed by atoms with Gasteiger partial charge in [-0.25, -0.2) is 0 Å². The van der Waals surface area contributed by atoms with Gasteiger partial charge in [0.05, 0.1) is 5.52 Å². The van der Waals surface area contributed by atoms with Gasteiger partial charge in [0.15, 0.2) is 0 Å². The van der Waals surface area contributed by atoms with E-state index in [1.165, 1.54) is 16.5 Å². The van der Waals surface area contributed by atoms with Crippen LogP contribution in [0.1, 0.15) is 39.7 Å². The zero-order valence-electron chi connectivity index (χ0n) is 12.9. The van der Waals surface area contributed by atoms with Crippen molar-refractivity contribution in [2.24, 2.45) is 0 Å². The van der Waals surface area contributed by atoms with E-state index in [0.717, 1.165) is 18.5 Å². The highest BCUT2D eigenvalue weighted by Crippen LogP contribution is 2.23. The van der Waals surface area contributed by atoms with Crippen LogP contribution >= 0.6 is 0 Å². The number of aromatic nitrogens is 1. The third-order valence-electron chi connectivity index (χ3n) is 3.32. The van der Waals surface area contributed by atoms with E-state index in [9.17, 15) is 0 Å². The summed E-state index contributed by atoms with van der Waals surface area (Å²) in [5.74, 6) is 0. The summed E-state index contributed by atoms with van der Waals surface area (Å²) >= 11 is 0. The number of rotatable bonds is 4. The van der Waals surface area contributed by atoms with E-state index in [2.05, 4.69) is 68.3 Å². The average Bonchev–Trinajstić information content (AvgIpc) is 2.41. The molecule has 2 nitrogen and oxygen atoms in total. The van der Waals surface area contributed by atoms with Crippen LogP contribution in [-0.4, -0.2) is 17.1 Å². The Balaban J connectivity index is 2.13. The van der Waals surface area contributed by atoms with Crippen molar-refractivity contribution in [2.75, 3.05) is 6.54 Å². The molecule has 0 aliphatic heterocycles. The van der Waals surface area contributed by atoms with Crippen molar-refractivity contribution in [2.45, 2.75) is 39.7 Å². The van der Waals surface area contributed by atoms with Crippen LogP contribution < -0.4 is 5.32 Å². The van der Waals surface area contributed by atoms with E-state index >= 15 is 0 Å². The van der Waals surface area contributed by atoms with Crippen LogP contribution in [0.5, 0.6) is 0 Å². The Hall–Kier alpha value is -1.67. The van der Waals surface area contributed by atoms with Gasteiger partial charge in [0.1, 0.15) is 0 Å². The lowest BCUT2D eigenvalue weighted by Crippen LogP contribution is -2.36. The summed E-state index contributed by atoms with van der Waals surface area (Å²) in [6.45, 7) is 9.77. The number of nitrogens with zero attached hydrogens (tertiary/aromatic N) is 1. The first-order valence-corrected chi connectivity index (χ1v) is 7.23. The normalized spacial score (nSPS) is 12.9. The predicted octanol–water partition coefficient (Wildman–Crippen LogP) is 4.42. The molecule has 0 fully saturated rings. The van der Waals surface area contributed by atoms with Gasteiger partial charge in [0, 0.05) is 17.1 Å². The molecular weight excluding hydrogens is 244 g/mol. The number of hydrogen-bond acceptors (Lipinski definition) is 2. The molecular formula is C18H24N2. The van der Waals surface area contributed by atoms with Gasteiger partial charge >= 0.3 is 0 Å². The number of nitrogens with one attached hydrogen (secondary N) is 1. The second kappa shape index (κ2) is 6.19. The highest BCUT2D eigenvalue weighted by atomic mass is 14.9. The third-order valence-corrected chi connectivity index (χ3v) is 3.32. The Morgan fingerprint density at radius 1 is 1.20 bits per heavy atom. The quantitative estimate of drug-likeness (QED) is 0.830. The molecule has 1 aromatic heterocycles. The van der Waals surface area contributed by atoms with E-state index in [1.807, 2.05) is 12.3 Å². The highest BCUT2D eigenvalue weighted by Gasteiger charge is 2.07. The summed E-state index contributed by atoms with van der Waals surface area (Å²) in [5, 5.41) is 4.74. The number of allylic oxidation sites excluding steroid dienone is 1.